The van der Waals surface area contributed by atoms with Gasteiger partial charge in [0.2, 0.25) is 0 Å². The third kappa shape index (κ3) is 2.75. The fourth-order valence-corrected chi connectivity index (χ4v) is 1.59. The lowest BCUT2D eigenvalue weighted by Crippen LogP contribution is -2.11. The highest BCUT2D eigenvalue weighted by Gasteiger charge is 2.11. The molecule has 88 valence electrons. The minimum absolute atomic E-state index is 0.317. The molecule has 0 radical (unpaired) electrons. The normalized spacial score (nSPS) is 12.2. The van der Waals surface area contributed by atoms with E-state index >= 15 is 0 Å². The zero-order valence-electron chi connectivity index (χ0n) is 10.5. The molecule has 0 spiro atoms. The molecule has 0 aliphatic carbocycles. The van der Waals surface area contributed by atoms with E-state index < -0.39 is 0 Å². The second-order valence-corrected chi connectivity index (χ2v) is 4.26. The van der Waals surface area contributed by atoms with Gasteiger partial charge in [-0.2, -0.15) is 10.4 Å². The lowest BCUT2D eigenvalue weighted by molar-refractivity contribution is 0.593. The van der Waals surface area contributed by atoms with Crippen LogP contribution in [0.2, 0.25) is 0 Å². The van der Waals surface area contributed by atoms with Crippen LogP contribution >= 0.6 is 0 Å². The van der Waals surface area contributed by atoms with Gasteiger partial charge in [-0.15, -0.1) is 0 Å². The van der Waals surface area contributed by atoms with Crippen LogP contribution in [0.4, 0.5) is 5.69 Å². The number of nitriles is 1. The summed E-state index contributed by atoms with van der Waals surface area (Å²) < 4.78 is 1.74. The minimum atomic E-state index is 0.317. The Morgan fingerprint density at radius 1 is 1.50 bits per heavy atom. The number of nitrogens with zero attached hydrogens (tertiary/aromatic N) is 3. The molecule has 1 heterocycles. The Morgan fingerprint density at radius 3 is 2.75 bits per heavy atom. The number of hydrogen-bond donors (Lipinski definition) is 1. The Kier molecular flexibility index (Phi) is 4.36. The minimum Gasteiger partial charge on any atom is -0.382 e. The monoisotopic (exact) mass is 220 g/mol. The summed E-state index contributed by atoms with van der Waals surface area (Å²) in [6.45, 7) is 9.65. The van der Waals surface area contributed by atoms with Crippen molar-refractivity contribution in [3.63, 3.8) is 0 Å². The molecule has 1 rings (SSSR count). The molecule has 0 aliphatic heterocycles. The Balaban J connectivity index is 2.76. The number of aryl methyl sites for hydroxylation is 1. The zero-order chi connectivity index (χ0) is 12.1. The molecule has 0 bridgehead atoms. The van der Waals surface area contributed by atoms with E-state index in [2.05, 4.69) is 30.3 Å². The lowest BCUT2D eigenvalue weighted by atomic mass is 10.1. The highest BCUT2D eigenvalue weighted by Crippen LogP contribution is 2.19. The molecule has 1 atom stereocenters. The van der Waals surface area contributed by atoms with Gasteiger partial charge in [-0.05, 0) is 19.8 Å². The van der Waals surface area contributed by atoms with Gasteiger partial charge in [0.05, 0.1) is 23.1 Å². The second kappa shape index (κ2) is 5.55. The Labute approximate surface area is 97.3 Å². The maximum absolute atomic E-state index is 8.67. The van der Waals surface area contributed by atoms with E-state index in [0.717, 1.165) is 30.0 Å². The summed E-state index contributed by atoms with van der Waals surface area (Å²) >= 11 is 0. The molecule has 4 nitrogen and oxygen atoms in total. The summed E-state index contributed by atoms with van der Waals surface area (Å²) in [7, 11) is 0. The lowest BCUT2D eigenvalue weighted by Gasteiger charge is -2.11. The highest BCUT2D eigenvalue weighted by molar-refractivity contribution is 5.52. The quantitative estimate of drug-likeness (QED) is 0.829. The first kappa shape index (κ1) is 12.6. The van der Waals surface area contributed by atoms with E-state index in [9.17, 15) is 0 Å². The predicted molar refractivity (Wildman–Crippen MR) is 65.3 cm³/mol. The van der Waals surface area contributed by atoms with Crippen LogP contribution in [-0.4, -0.2) is 16.3 Å². The maximum atomic E-state index is 8.67. The molecule has 0 fully saturated rings. The zero-order valence-corrected chi connectivity index (χ0v) is 10.5. The SMILES string of the molecule is CC[C@H](C)CNc1c(C)nn(CC#N)c1C. The van der Waals surface area contributed by atoms with Crippen LogP contribution in [0.1, 0.15) is 31.7 Å². The van der Waals surface area contributed by atoms with Crippen LogP contribution in [-0.2, 0) is 6.54 Å². The summed E-state index contributed by atoms with van der Waals surface area (Å²) in [6.07, 6.45) is 1.16. The van der Waals surface area contributed by atoms with Crippen LogP contribution in [0.25, 0.3) is 0 Å². The van der Waals surface area contributed by atoms with Gasteiger partial charge in [0, 0.05) is 6.54 Å². The van der Waals surface area contributed by atoms with Crippen LogP contribution in [0.5, 0.6) is 0 Å². The third-order valence-electron chi connectivity index (χ3n) is 2.93. The summed E-state index contributed by atoms with van der Waals surface area (Å²) in [5.41, 5.74) is 3.09. The van der Waals surface area contributed by atoms with Crippen molar-refractivity contribution in [1.82, 2.24) is 9.78 Å². The van der Waals surface area contributed by atoms with E-state index in [1.165, 1.54) is 0 Å². The number of anilines is 1. The van der Waals surface area contributed by atoms with Crippen molar-refractivity contribution >= 4 is 5.69 Å². The van der Waals surface area contributed by atoms with Gasteiger partial charge >= 0.3 is 0 Å². The number of hydrogen-bond acceptors (Lipinski definition) is 3. The molecule has 0 amide bonds. The first-order chi connectivity index (χ1) is 7.60. The predicted octanol–water partition coefficient (Wildman–Crippen LogP) is 2.48. The Morgan fingerprint density at radius 2 is 2.19 bits per heavy atom. The standard InChI is InChI=1S/C12H20N4/c1-5-9(2)8-14-12-10(3)15-16(7-6-13)11(12)4/h9,14H,5,7-8H2,1-4H3/t9-/m0/s1. The van der Waals surface area contributed by atoms with Crippen LogP contribution in [0.3, 0.4) is 0 Å². The third-order valence-corrected chi connectivity index (χ3v) is 2.93. The van der Waals surface area contributed by atoms with Gasteiger partial charge in [-0.25, -0.2) is 0 Å². The molecule has 16 heavy (non-hydrogen) atoms. The molecule has 0 aliphatic rings. The highest BCUT2D eigenvalue weighted by atomic mass is 15.3. The first-order valence-corrected chi connectivity index (χ1v) is 5.75. The topological polar surface area (TPSA) is 53.6 Å². The molecule has 1 N–H and O–H groups in total. The molecule has 1 aromatic heterocycles. The van der Waals surface area contributed by atoms with E-state index in [1.54, 1.807) is 4.68 Å². The van der Waals surface area contributed by atoms with Gasteiger partial charge in [0.1, 0.15) is 6.54 Å². The average molecular weight is 220 g/mol. The summed E-state index contributed by atoms with van der Waals surface area (Å²) in [5, 5.41) is 16.4. The van der Waals surface area contributed by atoms with Crippen LogP contribution in [0, 0.1) is 31.1 Å². The molecular weight excluding hydrogens is 200 g/mol. The average Bonchev–Trinajstić information content (AvgIpc) is 2.52. The number of rotatable bonds is 5. The summed E-state index contributed by atoms with van der Waals surface area (Å²) in [4.78, 5) is 0. The largest absolute Gasteiger partial charge is 0.382 e. The van der Waals surface area contributed by atoms with E-state index in [1.807, 2.05) is 13.8 Å². The van der Waals surface area contributed by atoms with Crippen molar-refractivity contribution in [3.8, 4) is 6.07 Å². The molecule has 0 saturated heterocycles. The van der Waals surface area contributed by atoms with Gasteiger partial charge in [0.25, 0.3) is 0 Å². The van der Waals surface area contributed by atoms with E-state index in [-0.39, 0.29) is 0 Å². The van der Waals surface area contributed by atoms with E-state index in [0.29, 0.717) is 12.5 Å². The molecule has 1 aromatic rings. The Hall–Kier alpha value is -1.50. The van der Waals surface area contributed by atoms with Crippen LogP contribution < -0.4 is 5.32 Å². The summed E-state index contributed by atoms with van der Waals surface area (Å²) in [5.74, 6) is 0.651. The van der Waals surface area contributed by atoms with Crippen LogP contribution in [0.15, 0.2) is 0 Å². The molecule has 4 heteroatoms. The Bertz CT molecular complexity index is 386. The van der Waals surface area contributed by atoms with Crippen molar-refractivity contribution < 1.29 is 0 Å². The second-order valence-electron chi connectivity index (χ2n) is 4.26. The number of nitrogens with one attached hydrogen (secondary N) is 1. The molecular formula is C12H20N4. The van der Waals surface area contributed by atoms with E-state index in [4.69, 9.17) is 5.26 Å². The smallest absolute Gasteiger partial charge is 0.128 e. The molecule has 0 saturated carbocycles. The summed E-state index contributed by atoms with van der Waals surface area (Å²) in [6, 6.07) is 2.11. The van der Waals surface area contributed by atoms with Gasteiger partial charge in [-0.3, -0.25) is 4.68 Å². The van der Waals surface area contributed by atoms with Gasteiger partial charge in [-0.1, -0.05) is 20.3 Å². The van der Waals surface area contributed by atoms with Crippen molar-refractivity contribution in [2.24, 2.45) is 5.92 Å². The molecule has 0 aromatic carbocycles. The first-order valence-electron chi connectivity index (χ1n) is 5.75. The van der Waals surface area contributed by atoms with Gasteiger partial charge in [0.15, 0.2) is 0 Å². The number of aromatic nitrogens is 2. The van der Waals surface area contributed by atoms with Crippen molar-refractivity contribution in [2.75, 3.05) is 11.9 Å². The molecule has 0 unspecified atom stereocenters. The fourth-order valence-electron chi connectivity index (χ4n) is 1.59. The van der Waals surface area contributed by atoms with Crippen molar-refractivity contribution in [1.29, 1.82) is 5.26 Å². The van der Waals surface area contributed by atoms with Crippen molar-refractivity contribution in [3.05, 3.63) is 11.4 Å². The van der Waals surface area contributed by atoms with Gasteiger partial charge < -0.3 is 5.32 Å². The maximum Gasteiger partial charge on any atom is 0.128 e. The van der Waals surface area contributed by atoms with Crippen molar-refractivity contribution in [2.45, 2.75) is 40.7 Å². The fraction of sp³-hybridized carbons (Fsp3) is 0.667.